The zero-order valence-electron chi connectivity index (χ0n) is 19.6. The van der Waals surface area contributed by atoms with E-state index in [-0.39, 0.29) is 29.1 Å². The molecule has 1 saturated heterocycles. The first-order valence-corrected chi connectivity index (χ1v) is 11.5. The van der Waals surface area contributed by atoms with E-state index in [4.69, 9.17) is 15.5 Å². The lowest BCUT2D eigenvalue weighted by Gasteiger charge is -2.34. The van der Waals surface area contributed by atoms with Crippen LogP contribution in [0.3, 0.4) is 0 Å². The minimum absolute atomic E-state index is 0.0385. The summed E-state index contributed by atoms with van der Waals surface area (Å²) in [4.78, 5) is 15.4. The van der Waals surface area contributed by atoms with E-state index < -0.39 is 5.82 Å². The summed E-state index contributed by atoms with van der Waals surface area (Å²) in [5.41, 5.74) is 9.59. The smallest absolute Gasteiger partial charge is 0.237 e. The minimum atomic E-state index is -0.617. The number of nitrogens with zero attached hydrogens (tertiary/aromatic N) is 6. The van der Waals surface area contributed by atoms with Crippen LogP contribution in [0, 0.1) is 17.1 Å². The van der Waals surface area contributed by atoms with Gasteiger partial charge in [0, 0.05) is 42.7 Å². The van der Waals surface area contributed by atoms with Crippen LogP contribution in [0.2, 0.25) is 0 Å². The van der Waals surface area contributed by atoms with Gasteiger partial charge in [0.2, 0.25) is 11.8 Å². The molecule has 8 nitrogen and oxygen atoms in total. The molecular formula is C27H24FN7O. The standard InChI is InChI=1S/C27H24FN7O/c1-3-17(2)34-13-5-7-20(16-34)24-22-10-12-32-27(30)35(22)25(33-24)18-8-9-23(21(28)14-18)36-26-19(15-29)6-4-11-31-26/h3-4,6,8-12,14,20H,1-2,5,7,13,16H2,(H2,30,32). The molecule has 2 N–H and O–H groups in total. The van der Waals surface area contributed by atoms with E-state index in [0.717, 1.165) is 42.8 Å². The number of aromatic nitrogens is 4. The molecule has 0 bridgehead atoms. The van der Waals surface area contributed by atoms with Crippen molar-refractivity contribution in [1.29, 1.82) is 5.26 Å². The lowest BCUT2D eigenvalue weighted by Crippen LogP contribution is -2.33. The Hall–Kier alpha value is -4.71. The maximum atomic E-state index is 15.2. The highest BCUT2D eigenvalue weighted by Crippen LogP contribution is 2.35. The molecule has 0 spiro atoms. The highest BCUT2D eigenvalue weighted by Gasteiger charge is 2.27. The molecule has 4 heterocycles. The number of allylic oxidation sites excluding steroid dienone is 1. The average Bonchev–Trinajstić information content (AvgIpc) is 3.31. The van der Waals surface area contributed by atoms with Crippen molar-refractivity contribution in [3.05, 3.63) is 90.8 Å². The topological polar surface area (TPSA) is 105 Å². The Labute approximate surface area is 207 Å². The Morgan fingerprint density at radius 2 is 2.11 bits per heavy atom. The molecule has 4 aromatic rings. The van der Waals surface area contributed by atoms with Gasteiger partial charge in [-0.15, -0.1) is 0 Å². The lowest BCUT2D eigenvalue weighted by molar-refractivity contribution is 0.265. The van der Waals surface area contributed by atoms with E-state index in [1.807, 2.05) is 12.1 Å². The zero-order chi connectivity index (χ0) is 25.2. The normalized spacial score (nSPS) is 15.4. The second-order valence-electron chi connectivity index (χ2n) is 8.54. The summed E-state index contributed by atoms with van der Waals surface area (Å²) in [7, 11) is 0. The highest BCUT2D eigenvalue weighted by molar-refractivity contribution is 5.69. The van der Waals surface area contributed by atoms with Crippen LogP contribution in [0.5, 0.6) is 11.6 Å². The van der Waals surface area contributed by atoms with Gasteiger partial charge in [-0.1, -0.05) is 13.2 Å². The number of pyridine rings is 1. The van der Waals surface area contributed by atoms with Crippen molar-refractivity contribution in [2.75, 3.05) is 18.8 Å². The Morgan fingerprint density at radius 3 is 2.89 bits per heavy atom. The number of rotatable bonds is 6. The number of nitriles is 1. The SMILES string of the molecule is C=CC(=C)N1CCCC(c2nc(-c3ccc(Oc4ncccc4C#N)c(F)c3)n3c(N)nccc23)C1. The van der Waals surface area contributed by atoms with Crippen molar-refractivity contribution in [1.82, 2.24) is 24.3 Å². The number of likely N-dealkylation sites (tertiary alicyclic amines) is 1. The Morgan fingerprint density at radius 1 is 1.25 bits per heavy atom. The van der Waals surface area contributed by atoms with E-state index in [1.54, 1.807) is 34.9 Å². The number of nitrogen functional groups attached to an aromatic ring is 1. The van der Waals surface area contributed by atoms with Crippen LogP contribution in [0.4, 0.5) is 10.3 Å². The highest BCUT2D eigenvalue weighted by atomic mass is 19.1. The van der Waals surface area contributed by atoms with E-state index in [9.17, 15) is 5.26 Å². The number of piperidine rings is 1. The largest absolute Gasteiger partial charge is 0.435 e. The van der Waals surface area contributed by atoms with Gasteiger partial charge < -0.3 is 15.4 Å². The number of halogens is 1. The third-order valence-corrected chi connectivity index (χ3v) is 6.35. The number of fused-ring (bicyclic) bond motifs is 1. The van der Waals surface area contributed by atoms with Crippen molar-refractivity contribution in [3.8, 4) is 29.1 Å². The summed E-state index contributed by atoms with van der Waals surface area (Å²) < 4.78 is 22.5. The van der Waals surface area contributed by atoms with Crippen LogP contribution in [0.15, 0.2) is 73.7 Å². The van der Waals surface area contributed by atoms with Gasteiger partial charge in [-0.2, -0.15) is 5.26 Å². The minimum Gasteiger partial charge on any atom is -0.435 e. The summed E-state index contributed by atoms with van der Waals surface area (Å²) >= 11 is 0. The van der Waals surface area contributed by atoms with Crippen LogP contribution in [-0.2, 0) is 0 Å². The van der Waals surface area contributed by atoms with Gasteiger partial charge in [0.15, 0.2) is 11.6 Å². The zero-order valence-corrected chi connectivity index (χ0v) is 19.6. The molecule has 0 amide bonds. The molecule has 36 heavy (non-hydrogen) atoms. The molecular weight excluding hydrogens is 457 g/mol. The van der Waals surface area contributed by atoms with Crippen LogP contribution < -0.4 is 10.5 Å². The molecule has 0 saturated carbocycles. The second kappa shape index (κ2) is 9.50. The second-order valence-corrected chi connectivity index (χ2v) is 8.54. The summed E-state index contributed by atoms with van der Waals surface area (Å²) in [6, 6.07) is 11.6. The molecule has 1 aliphatic rings. The Balaban J connectivity index is 1.53. The lowest BCUT2D eigenvalue weighted by atomic mass is 9.94. The average molecular weight is 482 g/mol. The predicted octanol–water partition coefficient (Wildman–Crippen LogP) is 5.06. The monoisotopic (exact) mass is 481 g/mol. The molecule has 1 fully saturated rings. The number of nitrogens with two attached hydrogens (primary N) is 1. The summed E-state index contributed by atoms with van der Waals surface area (Å²) in [5, 5.41) is 9.25. The number of benzene rings is 1. The van der Waals surface area contributed by atoms with E-state index in [2.05, 4.69) is 28.0 Å². The fraction of sp³-hybridized carbons (Fsp3) is 0.185. The molecule has 1 aromatic carbocycles. The third-order valence-electron chi connectivity index (χ3n) is 6.35. The summed E-state index contributed by atoms with van der Waals surface area (Å²) in [6.07, 6.45) is 6.85. The van der Waals surface area contributed by atoms with Crippen molar-refractivity contribution >= 4 is 11.5 Å². The molecule has 9 heteroatoms. The molecule has 5 rings (SSSR count). The first kappa shape index (κ1) is 23.1. The van der Waals surface area contributed by atoms with Crippen LogP contribution >= 0.6 is 0 Å². The predicted molar refractivity (Wildman–Crippen MR) is 135 cm³/mol. The number of hydrogen-bond acceptors (Lipinski definition) is 7. The van der Waals surface area contributed by atoms with Crippen molar-refractivity contribution in [2.24, 2.45) is 0 Å². The van der Waals surface area contributed by atoms with Gasteiger partial charge >= 0.3 is 0 Å². The van der Waals surface area contributed by atoms with Crippen molar-refractivity contribution < 1.29 is 9.13 Å². The van der Waals surface area contributed by atoms with Gasteiger partial charge in [-0.05, 0) is 55.3 Å². The fourth-order valence-electron chi connectivity index (χ4n) is 4.55. The van der Waals surface area contributed by atoms with Crippen LogP contribution in [0.25, 0.3) is 16.9 Å². The number of ether oxygens (including phenoxy) is 1. The van der Waals surface area contributed by atoms with Crippen molar-refractivity contribution in [3.63, 3.8) is 0 Å². The molecule has 1 aliphatic heterocycles. The van der Waals surface area contributed by atoms with Crippen LogP contribution in [0.1, 0.15) is 30.0 Å². The van der Waals surface area contributed by atoms with Gasteiger partial charge in [-0.25, -0.2) is 19.3 Å². The van der Waals surface area contributed by atoms with Crippen molar-refractivity contribution in [2.45, 2.75) is 18.8 Å². The Bertz CT molecular complexity index is 1520. The van der Waals surface area contributed by atoms with Gasteiger partial charge in [-0.3, -0.25) is 4.40 Å². The molecule has 0 radical (unpaired) electrons. The van der Waals surface area contributed by atoms with E-state index in [0.29, 0.717) is 11.4 Å². The van der Waals surface area contributed by atoms with E-state index in [1.165, 1.54) is 18.3 Å². The van der Waals surface area contributed by atoms with E-state index >= 15 is 4.39 Å². The Kier molecular flexibility index (Phi) is 6.09. The number of anilines is 1. The third kappa shape index (κ3) is 4.14. The first-order valence-electron chi connectivity index (χ1n) is 11.5. The van der Waals surface area contributed by atoms with Gasteiger partial charge in [0.25, 0.3) is 0 Å². The molecule has 0 aliphatic carbocycles. The molecule has 1 atom stereocenters. The molecule has 1 unspecified atom stereocenters. The number of hydrogen-bond donors (Lipinski definition) is 1. The van der Waals surface area contributed by atoms with Gasteiger partial charge in [0.1, 0.15) is 17.5 Å². The first-order chi connectivity index (χ1) is 17.5. The fourth-order valence-corrected chi connectivity index (χ4v) is 4.55. The molecule has 3 aromatic heterocycles. The maximum absolute atomic E-state index is 15.2. The van der Waals surface area contributed by atoms with Gasteiger partial charge in [0.05, 0.1) is 11.2 Å². The summed E-state index contributed by atoms with van der Waals surface area (Å²) in [5.74, 6) is 0.267. The quantitative estimate of drug-likeness (QED) is 0.384. The maximum Gasteiger partial charge on any atom is 0.237 e. The molecule has 180 valence electrons. The van der Waals surface area contributed by atoms with Crippen LogP contribution in [-0.4, -0.2) is 37.3 Å². The number of imidazole rings is 1. The summed E-state index contributed by atoms with van der Waals surface area (Å²) in [6.45, 7) is 9.60.